The summed E-state index contributed by atoms with van der Waals surface area (Å²) in [4.78, 5) is 4.17. The molecule has 0 saturated heterocycles. The number of hydrogen-bond donors (Lipinski definition) is 2. The van der Waals surface area contributed by atoms with Gasteiger partial charge >= 0.3 is 0 Å². The monoisotopic (exact) mass is 195 g/mol. The summed E-state index contributed by atoms with van der Waals surface area (Å²) >= 11 is 0. The van der Waals surface area contributed by atoms with Gasteiger partial charge in [0, 0.05) is 12.5 Å². The molecule has 0 saturated carbocycles. The first-order valence-electron chi connectivity index (χ1n) is 5.09. The van der Waals surface area contributed by atoms with Crippen LogP contribution in [0.3, 0.4) is 0 Å². The normalized spacial score (nSPS) is 14.4. The molecule has 0 aromatic heterocycles. The Labute approximate surface area is 86.8 Å². The third-order valence-electron chi connectivity index (χ3n) is 1.93. The Morgan fingerprint density at radius 1 is 1.57 bits per heavy atom. The van der Waals surface area contributed by atoms with Crippen LogP contribution in [-0.4, -0.2) is 18.2 Å². The van der Waals surface area contributed by atoms with Crippen molar-refractivity contribution in [1.29, 1.82) is 5.41 Å². The van der Waals surface area contributed by atoms with Gasteiger partial charge in [0.2, 0.25) is 0 Å². The molecule has 0 rings (SSSR count). The second-order valence-corrected chi connectivity index (χ2v) is 3.30. The third-order valence-corrected chi connectivity index (χ3v) is 1.93. The van der Waals surface area contributed by atoms with Crippen LogP contribution < -0.4 is 5.32 Å². The van der Waals surface area contributed by atoms with E-state index in [1.807, 2.05) is 33.8 Å². The Hall–Kier alpha value is -1.12. The Morgan fingerprint density at radius 2 is 2.21 bits per heavy atom. The van der Waals surface area contributed by atoms with E-state index in [4.69, 9.17) is 5.41 Å². The van der Waals surface area contributed by atoms with Crippen LogP contribution in [0.15, 0.2) is 17.1 Å². The van der Waals surface area contributed by atoms with Gasteiger partial charge in [0.15, 0.2) is 0 Å². The minimum atomic E-state index is 0.230. The van der Waals surface area contributed by atoms with Crippen LogP contribution in [0.5, 0.6) is 0 Å². The van der Waals surface area contributed by atoms with E-state index < -0.39 is 0 Å². The summed E-state index contributed by atoms with van der Waals surface area (Å²) in [6.45, 7) is 8.66. The van der Waals surface area contributed by atoms with Crippen molar-refractivity contribution in [2.75, 3.05) is 6.54 Å². The number of rotatable bonds is 4. The molecule has 80 valence electrons. The van der Waals surface area contributed by atoms with Crippen LogP contribution in [0, 0.1) is 11.3 Å². The number of allylic oxidation sites excluding steroid dienone is 2. The molecule has 0 aliphatic heterocycles. The fourth-order valence-corrected chi connectivity index (χ4v) is 1.05. The largest absolute Gasteiger partial charge is 0.333 e. The Kier molecular flexibility index (Phi) is 6.72. The van der Waals surface area contributed by atoms with Crippen LogP contribution in [0.1, 0.15) is 34.1 Å². The van der Waals surface area contributed by atoms with E-state index in [0.717, 1.165) is 18.8 Å². The average molecular weight is 195 g/mol. The lowest BCUT2D eigenvalue weighted by Crippen LogP contribution is -2.32. The molecular weight excluding hydrogens is 174 g/mol. The van der Waals surface area contributed by atoms with Gasteiger partial charge in [0.05, 0.1) is 5.84 Å². The smallest absolute Gasteiger partial charge is 0.102 e. The van der Waals surface area contributed by atoms with Crippen LogP contribution in [-0.2, 0) is 0 Å². The molecule has 0 bridgehead atoms. The summed E-state index contributed by atoms with van der Waals surface area (Å²) < 4.78 is 0. The highest BCUT2D eigenvalue weighted by atomic mass is 15.0. The van der Waals surface area contributed by atoms with Gasteiger partial charge in [-0.1, -0.05) is 19.1 Å². The van der Waals surface area contributed by atoms with Gasteiger partial charge in [-0.3, -0.25) is 10.4 Å². The zero-order valence-electron chi connectivity index (χ0n) is 9.59. The zero-order chi connectivity index (χ0) is 11.0. The Bertz CT molecular complexity index is 229. The van der Waals surface area contributed by atoms with E-state index in [1.54, 1.807) is 0 Å². The van der Waals surface area contributed by atoms with E-state index >= 15 is 0 Å². The first-order valence-corrected chi connectivity index (χ1v) is 5.09. The zero-order valence-corrected chi connectivity index (χ0v) is 9.59. The number of amidine groups is 2. The quantitative estimate of drug-likeness (QED) is 0.404. The number of nitrogens with one attached hydrogen (secondary N) is 2. The van der Waals surface area contributed by atoms with Crippen molar-refractivity contribution in [3.63, 3.8) is 0 Å². The first-order chi connectivity index (χ1) is 6.61. The molecule has 14 heavy (non-hydrogen) atoms. The van der Waals surface area contributed by atoms with Crippen molar-refractivity contribution < 1.29 is 0 Å². The lowest BCUT2D eigenvalue weighted by Gasteiger charge is -2.12. The topological polar surface area (TPSA) is 48.2 Å². The minimum Gasteiger partial charge on any atom is -0.333 e. The SMILES string of the molecule is C/C=C\CC(C)C(=N)NC(C)=NCC. The highest BCUT2D eigenvalue weighted by molar-refractivity contribution is 5.99. The molecule has 0 amide bonds. The lowest BCUT2D eigenvalue weighted by atomic mass is 10.1. The van der Waals surface area contributed by atoms with E-state index in [-0.39, 0.29) is 5.92 Å². The van der Waals surface area contributed by atoms with Crippen LogP contribution >= 0.6 is 0 Å². The van der Waals surface area contributed by atoms with Crippen molar-refractivity contribution in [3.05, 3.63) is 12.2 Å². The molecular formula is C11H21N3. The molecule has 0 aliphatic carbocycles. The summed E-state index contributed by atoms with van der Waals surface area (Å²) in [5.74, 6) is 1.59. The predicted molar refractivity (Wildman–Crippen MR) is 63.1 cm³/mol. The molecule has 3 nitrogen and oxygen atoms in total. The molecule has 0 aromatic rings. The second kappa shape index (κ2) is 7.30. The molecule has 1 unspecified atom stereocenters. The summed E-state index contributed by atoms with van der Waals surface area (Å²) in [7, 11) is 0. The van der Waals surface area contributed by atoms with Gasteiger partial charge in [-0.2, -0.15) is 0 Å². The van der Waals surface area contributed by atoms with Crippen LogP contribution in [0.2, 0.25) is 0 Å². The maximum absolute atomic E-state index is 7.76. The van der Waals surface area contributed by atoms with Gasteiger partial charge < -0.3 is 5.32 Å². The lowest BCUT2D eigenvalue weighted by molar-refractivity contribution is 0.763. The van der Waals surface area contributed by atoms with E-state index in [9.17, 15) is 0 Å². The molecule has 0 heterocycles. The summed E-state index contributed by atoms with van der Waals surface area (Å²) in [5, 5.41) is 10.7. The van der Waals surface area contributed by atoms with Crippen molar-refractivity contribution in [2.45, 2.75) is 34.1 Å². The molecule has 2 N–H and O–H groups in total. The summed E-state index contributed by atoms with van der Waals surface area (Å²) in [6, 6.07) is 0. The number of nitrogens with zero attached hydrogens (tertiary/aromatic N) is 1. The molecule has 0 spiro atoms. The minimum absolute atomic E-state index is 0.230. The fraction of sp³-hybridized carbons (Fsp3) is 0.636. The molecule has 0 aromatic carbocycles. The average Bonchev–Trinajstić information content (AvgIpc) is 2.14. The highest BCUT2D eigenvalue weighted by Gasteiger charge is 2.06. The molecule has 1 atom stereocenters. The van der Waals surface area contributed by atoms with E-state index in [2.05, 4.69) is 16.4 Å². The van der Waals surface area contributed by atoms with E-state index in [1.165, 1.54) is 0 Å². The maximum Gasteiger partial charge on any atom is 0.102 e. The van der Waals surface area contributed by atoms with Gasteiger partial charge in [-0.25, -0.2) is 0 Å². The first kappa shape index (κ1) is 12.9. The molecule has 0 fully saturated rings. The second-order valence-electron chi connectivity index (χ2n) is 3.30. The number of aliphatic imine (C=N–C) groups is 1. The van der Waals surface area contributed by atoms with Crippen molar-refractivity contribution in [2.24, 2.45) is 10.9 Å². The van der Waals surface area contributed by atoms with E-state index in [0.29, 0.717) is 5.84 Å². The summed E-state index contributed by atoms with van der Waals surface area (Å²) in [5.41, 5.74) is 0. The maximum atomic E-state index is 7.76. The van der Waals surface area contributed by atoms with Gasteiger partial charge in [0.25, 0.3) is 0 Å². The van der Waals surface area contributed by atoms with Crippen molar-refractivity contribution >= 4 is 11.7 Å². The highest BCUT2D eigenvalue weighted by Crippen LogP contribution is 2.02. The third kappa shape index (κ3) is 5.51. The molecule has 0 aliphatic rings. The fourth-order valence-electron chi connectivity index (χ4n) is 1.05. The Morgan fingerprint density at radius 3 is 2.71 bits per heavy atom. The van der Waals surface area contributed by atoms with Gasteiger partial charge in [-0.05, 0) is 27.2 Å². The number of hydrogen-bond acceptors (Lipinski definition) is 2. The predicted octanol–water partition coefficient (Wildman–Crippen LogP) is 2.59. The standard InChI is InChI=1S/C11H21N3/c1-5-7-8-9(3)11(12)14-10(4)13-6-2/h5,7,9H,6,8H2,1-4H3,(H2,12,13,14)/b7-5-. The van der Waals surface area contributed by atoms with Crippen molar-refractivity contribution in [1.82, 2.24) is 5.32 Å². The van der Waals surface area contributed by atoms with Crippen LogP contribution in [0.4, 0.5) is 0 Å². The van der Waals surface area contributed by atoms with Gasteiger partial charge in [0.1, 0.15) is 5.84 Å². The molecule has 3 heteroatoms. The van der Waals surface area contributed by atoms with Crippen LogP contribution in [0.25, 0.3) is 0 Å². The summed E-state index contributed by atoms with van der Waals surface area (Å²) in [6.07, 6.45) is 4.99. The van der Waals surface area contributed by atoms with Crippen molar-refractivity contribution in [3.8, 4) is 0 Å². The van der Waals surface area contributed by atoms with Gasteiger partial charge in [-0.15, -0.1) is 0 Å². The Balaban J connectivity index is 4.01. The molecule has 0 radical (unpaired) electrons.